The molecule has 0 aliphatic heterocycles. The van der Waals surface area contributed by atoms with Crippen molar-refractivity contribution in [1.82, 2.24) is 19.8 Å². The second-order valence-corrected chi connectivity index (χ2v) is 6.88. The Morgan fingerprint density at radius 1 is 1.42 bits per heavy atom. The van der Waals surface area contributed by atoms with Gasteiger partial charge in [-0.1, -0.05) is 19.1 Å². The van der Waals surface area contributed by atoms with E-state index in [0.29, 0.717) is 25.6 Å². The van der Waals surface area contributed by atoms with Gasteiger partial charge in [-0.2, -0.15) is 0 Å². The first kappa shape index (κ1) is 18.3. The molecule has 1 N–H and O–H groups in total. The molecular weight excluding hydrogens is 328 g/mol. The minimum atomic E-state index is 0.00896. The van der Waals surface area contributed by atoms with Crippen LogP contribution >= 0.6 is 0 Å². The Morgan fingerprint density at radius 3 is 3.00 bits per heavy atom. The topological polar surface area (TPSA) is 59.4 Å². The van der Waals surface area contributed by atoms with Crippen LogP contribution in [0, 0.1) is 5.92 Å². The fraction of sp³-hybridized carbons (Fsp3) is 0.500. The van der Waals surface area contributed by atoms with Crippen molar-refractivity contribution in [2.75, 3.05) is 20.2 Å². The van der Waals surface area contributed by atoms with Crippen molar-refractivity contribution >= 4 is 6.03 Å². The lowest BCUT2D eigenvalue weighted by molar-refractivity contribution is 0.190. The van der Waals surface area contributed by atoms with Gasteiger partial charge in [0.25, 0.3) is 0 Å². The van der Waals surface area contributed by atoms with Gasteiger partial charge in [0.05, 0.1) is 13.7 Å². The fourth-order valence-corrected chi connectivity index (χ4v) is 2.95. The lowest BCUT2D eigenvalue weighted by Gasteiger charge is -2.23. The number of rotatable bonds is 9. The Balaban J connectivity index is 1.69. The van der Waals surface area contributed by atoms with E-state index in [9.17, 15) is 4.79 Å². The number of carbonyl (C=O) groups is 1. The van der Waals surface area contributed by atoms with E-state index < -0.39 is 0 Å². The summed E-state index contributed by atoms with van der Waals surface area (Å²) in [6.07, 6.45) is 7.14. The van der Waals surface area contributed by atoms with Gasteiger partial charge in [0.1, 0.15) is 11.6 Å². The van der Waals surface area contributed by atoms with Gasteiger partial charge in [0.15, 0.2) is 0 Å². The minimum absolute atomic E-state index is 0.00896. The normalized spacial score (nSPS) is 13.5. The highest BCUT2D eigenvalue weighted by molar-refractivity contribution is 5.74. The van der Waals surface area contributed by atoms with Crippen LogP contribution in [0.3, 0.4) is 0 Å². The summed E-state index contributed by atoms with van der Waals surface area (Å²) in [6.45, 7) is 4.82. The second kappa shape index (κ2) is 8.74. The highest BCUT2D eigenvalue weighted by Gasteiger charge is 2.27. The number of ether oxygens (including phenoxy) is 1. The third kappa shape index (κ3) is 5.00. The average Bonchev–Trinajstić information content (AvgIpc) is 3.38. The monoisotopic (exact) mass is 356 g/mol. The predicted molar refractivity (Wildman–Crippen MR) is 101 cm³/mol. The summed E-state index contributed by atoms with van der Waals surface area (Å²) in [5, 5.41) is 3.00. The maximum absolute atomic E-state index is 12.5. The molecule has 1 fully saturated rings. The molecule has 0 saturated heterocycles. The maximum Gasteiger partial charge on any atom is 0.317 e. The van der Waals surface area contributed by atoms with Crippen molar-refractivity contribution in [1.29, 1.82) is 0 Å². The van der Waals surface area contributed by atoms with Gasteiger partial charge in [-0.3, -0.25) is 0 Å². The van der Waals surface area contributed by atoms with E-state index >= 15 is 0 Å². The predicted octanol–water partition coefficient (Wildman–Crippen LogP) is 3.27. The highest BCUT2D eigenvalue weighted by Crippen LogP contribution is 2.30. The lowest BCUT2D eigenvalue weighted by Crippen LogP contribution is -2.41. The Kier molecular flexibility index (Phi) is 6.15. The van der Waals surface area contributed by atoms with Crippen molar-refractivity contribution in [2.45, 2.75) is 39.3 Å². The van der Waals surface area contributed by atoms with Crippen LogP contribution in [0.4, 0.5) is 4.79 Å². The number of benzene rings is 1. The summed E-state index contributed by atoms with van der Waals surface area (Å²) >= 11 is 0. The van der Waals surface area contributed by atoms with E-state index in [2.05, 4.69) is 27.9 Å². The van der Waals surface area contributed by atoms with Gasteiger partial charge in [-0.15, -0.1) is 0 Å². The molecule has 0 unspecified atom stereocenters. The van der Waals surface area contributed by atoms with Crippen molar-refractivity contribution in [3.8, 4) is 5.75 Å². The minimum Gasteiger partial charge on any atom is -0.497 e. The molecule has 1 aliphatic carbocycles. The summed E-state index contributed by atoms with van der Waals surface area (Å²) in [4.78, 5) is 18.9. The molecule has 6 heteroatoms. The number of carbonyl (C=O) groups excluding carboxylic acids is 1. The van der Waals surface area contributed by atoms with Gasteiger partial charge in [-0.25, -0.2) is 9.78 Å². The molecule has 26 heavy (non-hydrogen) atoms. The number of urea groups is 1. The van der Waals surface area contributed by atoms with Crippen molar-refractivity contribution in [2.24, 2.45) is 5.92 Å². The molecule has 1 aliphatic rings. The van der Waals surface area contributed by atoms with Gasteiger partial charge in [0.2, 0.25) is 0 Å². The third-order valence-electron chi connectivity index (χ3n) is 4.61. The number of aromatic nitrogens is 2. The number of nitrogens with zero attached hydrogens (tertiary/aromatic N) is 3. The molecule has 1 aromatic carbocycles. The van der Waals surface area contributed by atoms with E-state index in [1.165, 1.54) is 12.8 Å². The van der Waals surface area contributed by atoms with Gasteiger partial charge in [0, 0.05) is 32.0 Å². The molecule has 2 amide bonds. The van der Waals surface area contributed by atoms with Crippen LogP contribution in [0.5, 0.6) is 5.75 Å². The molecule has 1 saturated carbocycles. The Morgan fingerprint density at radius 2 is 2.27 bits per heavy atom. The summed E-state index contributed by atoms with van der Waals surface area (Å²) in [7, 11) is 1.67. The molecule has 3 rings (SSSR count). The zero-order valence-corrected chi connectivity index (χ0v) is 15.6. The van der Waals surface area contributed by atoms with Gasteiger partial charge in [-0.05, 0) is 42.9 Å². The number of amides is 2. The van der Waals surface area contributed by atoms with E-state index in [4.69, 9.17) is 4.74 Å². The number of imidazole rings is 1. The van der Waals surface area contributed by atoms with Crippen molar-refractivity contribution < 1.29 is 9.53 Å². The molecule has 2 aromatic rings. The van der Waals surface area contributed by atoms with Gasteiger partial charge < -0.3 is 19.5 Å². The van der Waals surface area contributed by atoms with Crippen LogP contribution < -0.4 is 10.1 Å². The average molecular weight is 356 g/mol. The molecular formula is C20H28N4O2. The number of hydrogen-bond acceptors (Lipinski definition) is 3. The highest BCUT2D eigenvalue weighted by atomic mass is 16.5. The number of methoxy groups -OCH3 is 1. The zero-order chi connectivity index (χ0) is 18.4. The summed E-state index contributed by atoms with van der Waals surface area (Å²) < 4.78 is 7.40. The zero-order valence-electron chi connectivity index (χ0n) is 15.6. The second-order valence-electron chi connectivity index (χ2n) is 6.88. The van der Waals surface area contributed by atoms with Gasteiger partial charge >= 0.3 is 6.03 Å². The van der Waals surface area contributed by atoms with Crippen molar-refractivity contribution in [3.63, 3.8) is 0 Å². The van der Waals surface area contributed by atoms with Crippen molar-refractivity contribution in [3.05, 3.63) is 48.0 Å². The third-order valence-corrected chi connectivity index (χ3v) is 4.61. The van der Waals surface area contributed by atoms with E-state index in [0.717, 1.165) is 30.1 Å². The number of nitrogens with one attached hydrogen (secondary N) is 1. The smallest absolute Gasteiger partial charge is 0.317 e. The Hall–Kier alpha value is -2.50. The lowest BCUT2D eigenvalue weighted by atomic mass is 10.2. The van der Waals surface area contributed by atoms with Crippen LogP contribution in [0.2, 0.25) is 0 Å². The first-order valence-corrected chi connectivity index (χ1v) is 9.35. The SMILES string of the molecule is CCCNC(=O)N(Cc1nccn1Cc1cccc(OC)c1)CC1CC1. The molecule has 0 atom stereocenters. The Labute approximate surface area is 155 Å². The molecule has 140 valence electrons. The Bertz CT molecular complexity index is 724. The first-order valence-electron chi connectivity index (χ1n) is 9.35. The van der Waals surface area contributed by atoms with Crippen LogP contribution in [0.15, 0.2) is 36.7 Å². The van der Waals surface area contributed by atoms with E-state index in [1.54, 1.807) is 13.3 Å². The van der Waals surface area contributed by atoms with E-state index in [1.807, 2.05) is 29.3 Å². The summed E-state index contributed by atoms with van der Waals surface area (Å²) in [5.74, 6) is 2.39. The van der Waals surface area contributed by atoms with Crippen LogP contribution in [0.1, 0.15) is 37.6 Å². The number of hydrogen-bond donors (Lipinski definition) is 1. The summed E-state index contributed by atoms with van der Waals surface area (Å²) in [6, 6.07) is 8.03. The van der Waals surface area contributed by atoms with Crippen LogP contribution in [0.25, 0.3) is 0 Å². The molecule has 1 heterocycles. The maximum atomic E-state index is 12.5. The fourth-order valence-electron chi connectivity index (χ4n) is 2.95. The quantitative estimate of drug-likeness (QED) is 0.750. The molecule has 0 radical (unpaired) electrons. The standard InChI is InChI=1S/C20H28N4O2/c1-3-9-22-20(25)24(13-16-7-8-16)15-19-21-10-11-23(19)14-17-5-4-6-18(12-17)26-2/h4-6,10-12,16H,3,7-9,13-15H2,1-2H3,(H,22,25). The molecule has 0 spiro atoms. The van der Waals surface area contributed by atoms with Crippen LogP contribution in [-0.4, -0.2) is 40.7 Å². The first-order chi connectivity index (χ1) is 12.7. The molecule has 6 nitrogen and oxygen atoms in total. The largest absolute Gasteiger partial charge is 0.497 e. The van der Waals surface area contributed by atoms with E-state index in [-0.39, 0.29) is 6.03 Å². The molecule has 0 bridgehead atoms. The molecule has 1 aromatic heterocycles. The van der Waals surface area contributed by atoms with Crippen LogP contribution in [-0.2, 0) is 13.1 Å². The summed E-state index contributed by atoms with van der Waals surface area (Å²) in [5.41, 5.74) is 1.15.